The van der Waals surface area contributed by atoms with Gasteiger partial charge in [0.15, 0.2) is 0 Å². The zero-order valence-electron chi connectivity index (χ0n) is 12.5. The molecule has 0 saturated heterocycles. The van der Waals surface area contributed by atoms with Crippen molar-refractivity contribution in [2.24, 2.45) is 5.73 Å². The molecule has 112 valence electrons. The first kappa shape index (κ1) is 15.5. The van der Waals surface area contributed by atoms with Gasteiger partial charge in [-0.2, -0.15) is 0 Å². The molecule has 0 aliphatic rings. The van der Waals surface area contributed by atoms with Crippen LogP contribution < -0.4 is 10.5 Å². The first-order valence-electron chi connectivity index (χ1n) is 6.73. The summed E-state index contributed by atoms with van der Waals surface area (Å²) in [6.45, 7) is 6.11. The smallest absolute Gasteiger partial charge is 0.261 e. The standard InChI is InChI=1S/C16H20N2O2S/c1-11-4-7-16(13(3)8-11)18-21(19,20)15-6-5-14(10-17)12(2)9-15/h4-9,18H,10,17H2,1-3H3. The molecular formula is C16H20N2O2S. The summed E-state index contributed by atoms with van der Waals surface area (Å²) in [5, 5.41) is 0. The van der Waals surface area contributed by atoms with Crippen LogP contribution in [0.25, 0.3) is 0 Å². The Labute approximate surface area is 126 Å². The quantitative estimate of drug-likeness (QED) is 0.912. The van der Waals surface area contributed by atoms with Gasteiger partial charge in [0.05, 0.1) is 10.6 Å². The van der Waals surface area contributed by atoms with E-state index < -0.39 is 10.0 Å². The minimum atomic E-state index is -3.59. The van der Waals surface area contributed by atoms with E-state index in [0.29, 0.717) is 12.2 Å². The molecule has 3 N–H and O–H groups in total. The fourth-order valence-electron chi connectivity index (χ4n) is 2.20. The highest BCUT2D eigenvalue weighted by Crippen LogP contribution is 2.22. The molecule has 0 fully saturated rings. The molecule has 2 aromatic rings. The molecule has 0 amide bonds. The maximum absolute atomic E-state index is 12.4. The molecule has 4 nitrogen and oxygen atoms in total. The normalized spacial score (nSPS) is 11.4. The zero-order valence-corrected chi connectivity index (χ0v) is 13.3. The first-order valence-corrected chi connectivity index (χ1v) is 8.21. The molecule has 0 saturated carbocycles. The van der Waals surface area contributed by atoms with Gasteiger partial charge in [0.2, 0.25) is 0 Å². The molecule has 5 heteroatoms. The Morgan fingerprint density at radius 1 is 1.00 bits per heavy atom. The third-order valence-corrected chi connectivity index (χ3v) is 4.83. The van der Waals surface area contributed by atoms with Gasteiger partial charge in [0.1, 0.15) is 0 Å². The Morgan fingerprint density at radius 2 is 1.71 bits per heavy atom. The molecule has 0 aliphatic carbocycles. The lowest BCUT2D eigenvalue weighted by Crippen LogP contribution is -2.14. The largest absolute Gasteiger partial charge is 0.326 e. The average molecular weight is 304 g/mol. The van der Waals surface area contributed by atoms with Crippen LogP contribution in [0, 0.1) is 20.8 Å². The van der Waals surface area contributed by atoms with Gasteiger partial charge < -0.3 is 5.73 Å². The summed E-state index contributed by atoms with van der Waals surface area (Å²) in [5.74, 6) is 0. The lowest BCUT2D eigenvalue weighted by Gasteiger charge is -2.12. The number of aryl methyl sites for hydroxylation is 3. The van der Waals surface area contributed by atoms with Crippen LogP contribution in [0.15, 0.2) is 41.3 Å². The Kier molecular flexibility index (Phi) is 4.34. The van der Waals surface area contributed by atoms with Crippen molar-refractivity contribution in [3.63, 3.8) is 0 Å². The lowest BCUT2D eigenvalue weighted by molar-refractivity contribution is 0.601. The lowest BCUT2D eigenvalue weighted by atomic mass is 10.1. The van der Waals surface area contributed by atoms with Gasteiger partial charge in [-0.3, -0.25) is 4.72 Å². The third-order valence-electron chi connectivity index (χ3n) is 3.47. The van der Waals surface area contributed by atoms with E-state index in [2.05, 4.69) is 4.72 Å². The Hall–Kier alpha value is -1.85. The van der Waals surface area contributed by atoms with Gasteiger partial charge in [-0.15, -0.1) is 0 Å². The van der Waals surface area contributed by atoms with Crippen LogP contribution in [0.2, 0.25) is 0 Å². The Balaban J connectivity index is 2.36. The van der Waals surface area contributed by atoms with Crippen molar-refractivity contribution in [3.05, 3.63) is 58.7 Å². The van der Waals surface area contributed by atoms with Crippen LogP contribution in [-0.2, 0) is 16.6 Å². The van der Waals surface area contributed by atoms with Crippen molar-refractivity contribution in [2.75, 3.05) is 4.72 Å². The molecule has 21 heavy (non-hydrogen) atoms. The van der Waals surface area contributed by atoms with Crippen molar-refractivity contribution in [3.8, 4) is 0 Å². The number of benzene rings is 2. The molecule has 0 bridgehead atoms. The van der Waals surface area contributed by atoms with E-state index in [1.54, 1.807) is 24.3 Å². The van der Waals surface area contributed by atoms with Crippen LogP contribution in [0.3, 0.4) is 0 Å². The van der Waals surface area contributed by atoms with Gasteiger partial charge in [-0.25, -0.2) is 8.42 Å². The van der Waals surface area contributed by atoms with Gasteiger partial charge >= 0.3 is 0 Å². The SMILES string of the molecule is Cc1ccc(NS(=O)(=O)c2ccc(CN)c(C)c2)c(C)c1. The molecule has 0 radical (unpaired) electrons. The summed E-state index contributed by atoms with van der Waals surface area (Å²) in [4.78, 5) is 0.247. The predicted molar refractivity (Wildman–Crippen MR) is 85.8 cm³/mol. The molecule has 0 unspecified atom stereocenters. The summed E-state index contributed by atoms with van der Waals surface area (Å²) in [5.41, 5.74) is 10.0. The molecular weight excluding hydrogens is 284 g/mol. The maximum Gasteiger partial charge on any atom is 0.261 e. The van der Waals surface area contributed by atoms with Crippen LogP contribution >= 0.6 is 0 Å². The van der Waals surface area contributed by atoms with Crippen molar-refractivity contribution in [1.82, 2.24) is 0 Å². The van der Waals surface area contributed by atoms with Crippen LogP contribution in [0.5, 0.6) is 0 Å². The highest BCUT2D eigenvalue weighted by atomic mass is 32.2. The zero-order chi connectivity index (χ0) is 15.6. The number of anilines is 1. The predicted octanol–water partition coefficient (Wildman–Crippen LogP) is 2.87. The molecule has 2 aromatic carbocycles. The number of nitrogens with one attached hydrogen (secondary N) is 1. The van der Waals surface area contributed by atoms with E-state index >= 15 is 0 Å². The fourth-order valence-corrected chi connectivity index (χ4v) is 3.41. The van der Waals surface area contributed by atoms with E-state index in [4.69, 9.17) is 5.73 Å². The van der Waals surface area contributed by atoms with Crippen molar-refractivity contribution in [1.29, 1.82) is 0 Å². The van der Waals surface area contributed by atoms with Crippen LogP contribution in [0.4, 0.5) is 5.69 Å². The van der Waals surface area contributed by atoms with Gasteiger partial charge in [-0.05, 0) is 55.7 Å². The minimum Gasteiger partial charge on any atom is -0.326 e. The molecule has 0 aliphatic heterocycles. The van der Waals surface area contributed by atoms with E-state index in [-0.39, 0.29) is 4.90 Å². The highest BCUT2D eigenvalue weighted by Gasteiger charge is 2.16. The number of hydrogen-bond acceptors (Lipinski definition) is 3. The second-order valence-electron chi connectivity index (χ2n) is 5.22. The van der Waals surface area contributed by atoms with E-state index in [0.717, 1.165) is 22.3 Å². The summed E-state index contributed by atoms with van der Waals surface area (Å²) in [6.07, 6.45) is 0. The number of rotatable bonds is 4. The minimum absolute atomic E-state index is 0.247. The summed E-state index contributed by atoms with van der Waals surface area (Å²) >= 11 is 0. The topological polar surface area (TPSA) is 72.2 Å². The number of hydrogen-bond donors (Lipinski definition) is 2. The molecule has 0 aromatic heterocycles. The molecule has 2 rings (SSSR count). The Bertz CT molecular complexity index is 768. The molecule has 0 heterocycles. The summed E-state index contributed by atoms with van der Waals surface area (Å²) in [6, 6.07) is 10.6. The van der Waals surface area contributed by atoms with Crippen LogP contribution in [-0.4, -0.2) is 8.42 Å². The summed E-state index contributed by atoms with van der Waals surface area (Å²) < 4.78 is 27.5. The van der Waals surface area contributed by atoms with Gasteiger partial charge in [0, 0.05) is 6.54 Å². The summed E-state index contributed by atoms with van der Waals surface area (Å²) in [7, 11) is -3.59. The molecule has 0 spiro atoms. The molecule has 0 atom stereocenters. The van der Waals surface area contributed by atoms with Gasteiger partial charge in [-0.1, -0.05) is 23.8 Å². The Morgan fingerprint density at radius 3 is 2.29 bits per heavy atom. The number of sulfonamides is 1. The van der Waals surface area contributed by atoms with Crippen molar-refractivity contribution < 1.29 is 8.42 Å². The van der Waals surface area contributed by atoms with Crippen molar-refractivity contribution in [2.45, 2.75) is 32.2 Å². The van der Waals surface area contributed by atoms with E-state index in [1.165, 1.54) is 0 Å². The van der Waals surface area contributed by atoms with E-state index in [1.807, 2.05) is 32.9 Å². The highest BCUT2D eigenvalue weighted by molar-refractivity contribution is 7.92. The van der Waals surface area contributed by atoms with E-state index in [9.17, 15) is 8.42 Å². The number of nitrogens with two attached hydrogens (primary N) is 1. The monoisotopic (exact) mass is 304 g/mol. The average Bonchev–Trinajstić information content (AvgIpc) is 2.42. The van der Waals surface area contributed by atoms with Crippen LogP contribution in [0.1, 0.15) is 22.3 Å². The first-order chi connectivity index (χ1) is 9.83. The van der Waals surface area contributed by atoms with Crippen molar-refractivity contribution >= 4 is 15.7 Å². The second-order valence-corrected chi connectivity index (χ2v) is 6.90. The fraction of sp³-hybridized carbons (Fsp3) is 0.250. The second kappa shape index (κ2) is 5.87. The van der Waals surface area contributed by atoms with Gasteiger partial charge in [0.25, 0.3) is 10.0 Å². The maximum atomic E-state index is 12.4. The third kappa shape index (κ3) is 3.43.